The van der Waals surface area contributed by atoms with Crippen LogP contribution in [0.4, 0.5) is 0 Å². The molecule has 20 heavy (non-hydrogen) atoms. The molecule has 0 saturated carbocycles. The summed E-state index contributed by atoms with van der Waals surface area (Å²) in [5.41, 5.74) is 0. The van der Waals surface area contributed by atoms with Gasteiger partial charge >= 0.3 is 0 Å². The molecule has 0 bridgehead atoms. The van der Waals surface area contributed by atoms with Gasteiger partial charge in [0.05, 0.1) is 13.2 Å². The van der Waals surface area contributed by atoms with Gasteiger partial charge in [0.1, 0.15) is 6.61 Å². The van der Waals surface area contributed by atoms with Crippen LogP contribution >= 0.6 is 0 Å². The second-order valence-corrected chi connectivity index (χ2v) is 4.47. The molecule has 0 spiro atoms. The molecule has 0 aliphatic heterocycles. The maximum absolute atomic E-state index is 11.6. The topological polar surface area (TPSA) is 59.6 Å². The van der Waals surface area contributed by atoms with E-state index in [1.165, 1.54) is 0 Å². The summed E-state index contributed by atoms with van der Waals surface area (Å²) >= 11 is 0. The number of carbonyl (C=O) groups excluding carboxylic acids is 1. The Morgan fingerprint density at radius 2 is 1.95 bits per heavy atom. The number of para-hydroxylation sites is 2. The van der Waals surface area contributed by atoms with E-state index in [1.54, 1.807) is 7.11 Å². The SMILES string of the molecule is CCCNC(=O)C(C)NCCOc1ccccc1OC. The zero-order valence-electron chi connectivity index (χ0n) is 12.4. The predicted molar refractivity (Wildman–Crippen MR) is 79.3 cm³/mol. The molecule has 5 heteroatoms. The molecular formula is C15H24N2O3. The minimum absolute atomic E-state index is 0.0177. The van der Waals surface area contributed by atoms with Crippen molar-refractivity contribution in [1.29, 1.82) is 0 Å². The number of methoxy groups -OCH3 is 1. The summed E-state index contributed by atoms with van der Waals surface area (Å²) in [4.78, 5) is 11.6. The number of carbonyl (C=O) groups is 1. The van der Waals surface area contributed by atoms with Gasteiger partial charge in [0.2, 0.25) is 5.91 Å². The lowest BCUT2D eigenvalue weighted by Gasteiger charge is -2.15. The minimum Gasteiger partial charge on any atom is -0.493 e. The molecule has 5 nitrogen and oxygen atoms in total. The molecule has 112 valence electrons. The lowest BCUT2D eigenvalue weighted by molar-refractivity contribution is -0.122. The first-order chi connectivity index (χ1) is 9.69. The maximum atomic E-state index is 11.6. The molecule has 0 aliphatic carbocycles. The third kappa shape index (κ3) is 5.48. The predicted octanol–water partition coefficient (Wildman–Crippen LogP) is 1.58. The molecule has 1 unspecified atom stereocenters. The number of hydrogen-bond donors (Lipinski definition) is 2. The zero-order chi connectivity index (χ0) is 14.8. The van der Waals surface area contributed by atoms with Gasteiger partial charge in [-0.05, 0) is 25.5 Å². The van der Waals surface area contributed by atoms with Gasteiger partial charge < -0.3 is 20.1 Å². The van der Waals surface area contributed by atoms with E-state index in [0.29, 0.717) is 31.2 Å². The van der Waals surface area contributed by atoms with E-state index in [9.17, 15) is 4.79 Å². The highest BCUT2D eigenvalue weighted by atomic mass is 16.5. The molecule has 1 amide bonds. The van der Waals surface area contributed by atoms with Crippen molar-refractivity contribution >= 4 is 5.91 Å². The average molecular weight is 280 g/mol. The molecule has 0 aliphatic rings. The number of rotatable bonds is 9. The van der Waals surface area contributed by atoms with Crippen LogP contribution in [0.3, 0.4) is 0 Å². The Morgan fingerprint density at radius 1 is 1.25 bits per heavy atom. The fourth-order valence-electron chi connectivity index (χ4n) is 1.67. The normalized spacial score (nSPS) is 11.8. The van der Waals surface area contributed by atoms with Gasteiger partial charge in [-0.1, -0.05) is 19.1 Å². The van der Waals surface area contributed by atoms with Gasteiger partial charge in [-0.15, -0.1) is 0 Å². The number of nitrogens with one attached hydrogen (secondary N) is 2. The van der Waals surface area contributed by atoms with Crippen LogP contribution in [0.5, 0.6) is 11.5 Å². The Kier molecular flexibility index (Phi) is 7.50. The highest BCUT2D eigenvalue weighted by Gasteiger charge is 2.10. The van der Waals surface area contributed by atoms with Crippen molar-refractivity contribution in [2.24, 2.45) is 0 Å². The molecule has 1 aromatic rings. The van der Waals surface area contributed by atoms with Crippen LogP contribution in [0, 0.1) is 0 Å². The summed E-state index contributed by atoms with van der Waals surface area (Å²) < 4.78 is 10.8. The van der Waals surface area contributed by atoms with Crippen LogP contribution < -0.4 is 20.1 Å². The lowest BCUT2D eigenvalue weighted by Crippen LogP contribution is -2.43. The third-order valence-corrected chi connectivity index (χ3v) is 2.82. The van der Waals surface area contributed by atoms with E-state index in [4.69, 9.17) is 9.47 Å². The van der Waals surface area contributed by atoms with Gasteiger partial charge in [-0.25, -0.2) is 0 Å². The molecule has 0 aromatic heterocycles. The number of hydrogen-bond acceptors (Lipinski definition) is 4. The fourth-order valence-corrected chi connectivity index (χ4v) is 1.67. The molecule has 2 N–H and O–H groups in total. The first-order valence-electron chi connectivity index (χ1n) is 6.96. The molecule has 0 fully saturated rings. The standard InChI is InChI=1S/C15H24N2O3/c1-4-9-17-15(18)12(2)16-10-11-20-14-8-6-5-7-13(14)19-3/h5-8,12,16H,4,9-11H2,1-3H3,(H,17,18). The second kappa shape index (κ2) is 9.20. The maximum Gasteiger partial charge on any atom is 0.236 e. The van der Waals surface area contributed by atoms with Crippen molar-refractivity contribution < 1.29 is 14.3 Å². The summed E-state index contributed by atoms with van der Waals surface area (Å²) in [5, 5.41) is 5.97. The highest BCUT2D eigenvalue weighted by Crippen LogP contribution is 2.25. The first kappa shape index (κ1) is 16.3. The Labute approximate surface area is 120 Å². The van der Waals surface area contributed by atoms with Crippen molar-refractivity contribution in [2.75, 3.05) is 26.8 Å². The van der Waals surface area contributed by atoms with Crippen molar-refractivity contribution in [3.8, 4) is 11.5 Å². The molecule has 0 saturated heterocycles. The number of amides is 1. The number of benzene rings is 1. The summed E-state index contributed by atoms with van der Waals surface area (Å²) in [7, 11) is 1.61. The Hall–Kier alpha value is -1.75. The van der Waals surface area contributed by atoms with E-state index in [-0.39, 0.29) is 11.9 Å². The second-order valence-electron chi connectivity index (χ2n) is 4.47. The molecule has 1 atom stereocenters. The van der Waals surface area contributed by atoms with Crippen LogP contribution in [-0.2, 0) is 4.79 Å². The molecule has 1 rings (SSSR count). The number of ether oxygens (including phenoxy) is 2. The van der Waals surface area contributed by atoms with E-state index < -0.39 is 0 Å². The van der Waals surface area contributed by atoms with Crippen LogP contribution in [-0.4, -0.2) is 38.8 Å². The monoisotopic (exact) mass is 280 g/mol. The highest BCUT2D eigenvalue weighted by molar-refractivity contribution is 5.81. The largest absolute Gasteiger partial charge is 0.493 e. The van der Waals surface area contributed by atoms with E-state index in [1.807, 2.05) is 38.1 Å². The van der Waals surface area contributed by atoms with Crippen LogP contribution in [0.1, 0.15) is 20.3 Å². The quantitative estimate of drug-likeness (QED) is 0.674. The van der Waals surface area contributed by atoms with Crippen LogP contribution in [0.25, 0.3) is 0 Å². The van der Waals surface area contributed by atoms with Gasteiger partial charge in [-0.2, -0.15) is 0 Å². The van der Waals surface area contributed by atoms with Crippen LogP contribution in [0.15, 0.2) is 24.3 Å². The summed E-state index contributed by atoms with van der Waals surface area (Å²) in [6, 6.07) is 7.28. The van der Waals surface area contributed by atoms with Crippen molar-refractivity contribution in [3.05, 3.63) is 24.3 Å². The minimum atomic E-state index is -0.220. The molecular weight excluding hydrogens is 256 g/mol. The molecule has 0 radical (unpaired) electrons. The van der Waals surface area contributed by atoms with E-state index >= 15 is 0 Å². The Balaban J connectivity index is 2.26. The molecule has 0 heterocycles. The smallest absolute Gasteiger partial charge is 0.236 e. The van der Waals surface area contributed by atoms with Gasteiger partial charge in [0.25, 0.3) is 0 Å². The summed E-state index contributed by atoms with van der Waals surface area (Å²) in [6.45, 7) is 5.65. The van der Waals surface area contributed by atoms with Gasteiger partial charge in [-0.3, -0.25) is 4.79 Å². The van der Waals surface area contributed by atoms with Gasteiger partial charge in [0.15, 0.2) is 11.5 Å². The Bertz CT molecular complexity index is 410. The van der Waals surface area contributed by atoms with Gasteiger partial charge in [0, 0.05) is 13.1 Å². The van der Waals surface area contributed by atoms with Crippen LogP contribution in [0.2, 0.25) is 0 Å². The average Bonchev–Trinajstić information content (AvgIpc) is 2.49. The van der Waals surface area contributed by atoms with E-state index in [0.717, 1.165) is 6.42 Å². The van der Waals surface area contributed by atoms with Crippen molar-refractivity contribution in [3.63, 3.8) is 0 Å². The fraction of sp³-hybridized carbons (Fsp3) is 0.533. The Morgan fingerprint density at radius 3 is 2.60 bits per heavy atom. The van der Waals surface area contributed by atoms with E-state index in [2.05, 4.69) is 10.6 Å². The third-order valence-electron chi connectivity index (χ3n) is 2.82. The lowest BCUT2D eigenvalue weighted by atomic mass is 10.3. The first-order valence-corrected chi connectivity index (χ1v) is 6.96. The van der Waals surface area contributed by atoms with Crippen molar-refractivity contribution in [2.45, 2.75) is 26.3 Å². The summed E-state index contributed by atoms with van der Waals surface area (Å²) in [5.74, 6) is 1.44. The van der Waals surface area contributed by atoms with Crippen molar-refractivity contribution in [1.82, 2.24) is 10.6 Å². The molecule has 1 aromatic carbocycles. The summed E-state index contributed by atoms with van der Waals surface area (Å²) in [6.07, 6.45) is 0.940. The zero-order valence-corrected chi connectivity index (χ0v) is 12.4.